The van der Waals surface area contributed by atoms with Crippen LogP contribution in [0.2, 0.25) is 66.6 Å². The van der Waals surface area contributed by atoms with Crippen LogP contribution in [-0.4, -0.2) is 86.1 Å². The zero-order valence-corrected chi connectivity index (χ0v) is 73.5. The molecule has 0 amide bonds. The molecule has 0 aromatic heterocycles. The van der Waals surface area contributed by atoms with Gasteiger partial charge in [-0.05, 0) is 104 Å². The van der Waals surface area contributed by atoms with E-state index in [2.05, 4.69) is 464 Å². The molecule has 0 bridgehead atoms. The van der Waals surface area contributed by atoms with Gasteiger partial charge in [-0.1, -0.05) is 419 Å². The first-order valence-electron chi connectivity index (χ1n) is 37.9. The lowest BCUT2D eigenvalue weighted by molar-refractivity contribution is 0.277. The van der Waals surface area contributed by atoms with Gasteiger partial charge >= 0.3 is 0 Å². The third-order valence-corrected chi connectivity index (χ3v) is 20.6. The first kappa shape index (κ1) is 93.4. The first-order chi connectivity index (χ1) is 49.8. The molecule has 0 heterocycles. The Kier molecular flexibility index (Phi) is 42.1. The summed E-state index contributed by atoms with van der Waals surface area (Å²) >= 11 is 0. The van der Waals surface area contributed by atoms with Crippen LogP contribution in [0.25, 0.3) is 22.3 Å². The third kappa shape index (κ3) is 35.2. The number of hydrogen-bond acceptors (Lipinski definition) is 4. The van der Waals surface area contributed by atoms with Crippen LogP contribution < -0.4 is 36.0 Å². The SMILES string of the molecule is CB(C)c1c(C)cccc1-c1ccccc1.CB(C)c1c(C)cccc1C.CC(C)(C)C.CC(C)(c1ccccc1)c1ccccc1.CN(C)c1ccccc1.COC.C[Si](C)(C)C.C[Si](C)(c1ccccc1)c1ccccc1.Cc1cccc(-c2ccccc2)c1N(C)C.Cc1cccc(C)c1N(C)C. The summed E-state index contributed by atoms with van der Waals surface area (Å²) in [6.45, 7) is 50.6. The molecule has 0 atom stereocenters. The molecular formula is C98H137B2N3OSi2. The minimum absolute atomic E-state index is 0.0858. The molecule has 0 unspecified atom stereocenters. The second-order valence-corrected chi connectivity index (χ2v) is 43.1. The number of hydrogen-bond donors (Lipinski definition) is 0. The van der Waals surface area contributed by atoms with Gasteiger partial charge in [0.2, 0.25) is 0 Å². The smallest absolute Gasteiger partial charge is 0.170 e. The molecule has 11 aromatic carbocycles. The van der Waals surface area contributed by atoms with Gasteiger partial charge in [0.05, 0.1) is 0 Å². The molecular weight excluding hydrogens is 1310 g/mol. The average Bonchev–Trinajstić information content (AvgIpc) is 0.785. The molecule has 0 spiro atoms. The van der Waals surface area contributed by atoms with Crippen molar-refractivity contribution in [1.82, 2.24) is 0 Å². The second kappa shape index (κ2) is 47.8. The van der Waals surface area contributed by atoms with Crippen LogP contribution in [-0.2, 0) is 10.2 Å². The number of nitrogens with zero attached hydrogens (tertiary/aromatic N) is 3. The van der Waals surface area contributed by atoms with E-state index >= 15 is 0 Å². The van der Waals surface area contributed by atoms with Gasteiger partial charge in [0, 0.05) is 92.6 Å². The fraction of sp³-hybridized carbons (Fsp3) is 0.327. The molecule has 4 nitrogen and oxygen atoms in total. The Bertz CT molecular complexity index is 3730. The maximum Gasteiger partial charge on any atom is 0.170 e. The van der Waals surface area contributed by atoms with E-state index in [1.165, 1.54) is 105 Å². The van der Waals surface area contributed by atoms with Crippen LogP contribution in [0.15, 0.2) is 285 Å². The molecule has 0 aliphatic rings. The van der Waals surface area contributed by atoms with Gasteiger partial charge in [-0.2, -0.15) is 0 Å². The topological polar surface area (TPSA) is 19.0 Å². The Morgan fingerprint density at radius 2 is 0.538 bits per heavy atom. The molecule has 11 rings (SSSR count). The van der Waals surface area contributed by atoms with Crippen molar-refractivity contribution in [3.05, 3.63) is 330 Å². The molecule has 0 saturated heterocycles. The van der Waals surface area contributed by atoms with Crippen molar-refractivity contribution in [3.8, 4) is 22.3 Å². The normalized spacial score (nSPS) is 10.4. The quantitative estimate of drug-likeness (QED) is 0.120. The zero-order valence-electron chi connectivity index (χ0n) is 71.5. The van der Waals surface area contributed by atoms with Gasteiger partial charge in [-0.15, -0.1) is 0 Å². The van der Waals surface area contributed by atoms with Gasteiger partial charge in [0.15, 0.2) is 13.4 Å². The molecule has 0 saturated carbocycles. The number of rotatable bonds is 11. The van der Waals surface area contributed by atoms with E-state index in [0.29, 0.717) is 18.8 Å². The van der Waals surface area contributed by atoms with Crippen molar-refractivity contribution in [2.45, 2.75) is 155 Å². The summed E-state index contributed by atoms with van der Waals surface area (Å²) in [4.78, 5) is 6.42. The molecule has 0 N–H and O–H groups in total. The molecule has 0 aliphatic heterocycles. The Hall–Kier alpha value is -8.66. The van der Waals surface area contributed by atoms with E-state index in [-0.39, 0.29) is 5.41 Å². The van der Waals surface area contributed by atoms with E-state index in [1.807, 2.05) is 32.3 Å². The summed E-state index contributed by atoms with van der Waals surface area (Å²) in [5.74, 6) is 0. The summed E-state index contributed by atoms with van der Waals surface area (Å²) in [5.41, 5.74) is 23.6. The summed E-state index contributed by atoms with van der Waals surface area (Å²) in [7, 11) is 13.6. The average molecular weight is 1450 g/mol. The van der Waals surface area contributed by atoms with E-state index < -0.39 is 16.1 Å². The van der Waals surface area contributed by atoms with E-state index in [9.17, 15) is 0 Å². The zero-order chi connectivity index (χ0) is 79.8. The van der Waals surface area contributed by atoms with Crippen molar-refractivity contribution >= 4 is 67.9 Å². The van der Waals surface area contributed by atoms with Crippen molar-refractivity contribution in [2.75, 3.05) is 71.2 Å². The van der Waals surface area contributed by atoms with Crippen LogP contribution in [0.4, 0.5) is 17.1 Å². The summed E-state index contributed by atoms with van der Waals surface area (Å²) in [5, 5.41) is 2.99. The summed E-state index contributed by atoms with van der Waals surface area (Å²) in [6.07, 6.45) is 0. The van der Waals surface area contributed by atoms with E-state index in [1.54, 1.807) is 14.2 Å². The predicted octanol–water partition coefficient (Wildman–Crippen LogP) is 24.5. The number of benzene rings is 11. The highest BCUT2D eigenvalue weighted by molar-refractivity contribution is 7.00. The fourth-order valence-corrected chi connectivity index (χ4v) is 14.5. The number of para-hydroxylation sites is 3. The molecule has 0 aliphatic carbocycles. The highest BCUT2D eigenvalue weighted by Gasteiger charge is 2.25. The lowest BCUT2D eigenvalue weighted by Crippen LogP contribution is -2.52. The number of methoxy groups -OCH3 is 1. The van der Waals surface area contributed by atoms with Gasteiger partial charge in [0.1, 0.15) is 8.07 Å². The fourth-order valence-electron chi connectivity index (χ4n) is 12.1. The molecule has 0 radical (unpaired) electrons. The van der Waals surface area contributed by atoms with Crippen LogP contribution in [0.3, 0.4) is 0 Å². The Labute approximate surface area is 652 Å². The maximum atomic E-state index is 4.25. The third-order valence-electron chi connectivity index (χ3n) is 17.0. The Morgan fingerprint density at radius 3 is 0.811 bits per heavy atom. The lowest BCUT2D eigenvalue weighted by Gasteiger charge is -2.25. The highest BCUT2D eigenvalue weighted by atomic mass is 28.3. The van der Waals surface area contributed by atoms with Crippen LogP contribution in [0.5, 0.6) is 0 Å². The molecule has 564 valence electrons. The monoisotopic (exact) mass is 1450 g/mol. The van der Waals surface area contributed by atoms with Crippen molar-refractivity contribution < 1.29 is 4.74 Å². The van der Waals surface area contributed by atoms with Crippen LogP contribution in [0.1, 0.15) is 86.1 Å². The molecule has 8 heteroatoms. The molecule has 0 fully saturated rings. The predicted molar refractivity (Wildman–Crippen MR) is 491 cm³/mol. The minimum atomic E-state index is -1.46. The number of ether oxygens (including phenoxy) is 1. The number of aryl methyl sites for hydroxylation is 6. The van der Waals surface area contributed by atoms with Gasteiger partial charge in [-0.3, -0.25) is 0 Å². The van der Waals surface area contributed by atoms with Crippen LogP contribution in [0, 0.1) is 47.0 Å². The second-order valence-electron chi connectivity index (χ2n) is 32.7. The van der Waals surface area contributed by atoms with Gasteiger partial charge in [-0.25, -0.2) is 0 Å². The lowest BCUT2D eigenvalue weighted by atomic mass is 9.47. The Balaban J connectivity index is 0.000000411. The maximum absolute atomic E-state index is 4.25. The summed E-state index contributed by atoms with van der Waals surface area (Å²) < 4.78 is 4.25. The van der Waals surface area contributed by atoms with Crippen molar-refractivity contribution in [2.24, 2.45) is 5.41 Å². The van der Waals surface area contributed by atoms with Gasteiger partial charge in [0.25, 0.3) is 0 Å². The van der Waals surface area contributed by atoms with Crippen molar-refractivity contribution in [3.63, 3.8) is 0 Å². The minimum Gasteiger partial charge on any atom is -0.388 e. The highest BCUT2D eigenvalue weighted by Crippen LogP contribution is 2.33. The van der Waals surface area contributed by atoms with Crippen LogP contribution >= 0.6 is 0 Å². The standard InChI is InChI=1S/C15H17B.C15H17N.C15H16.C14H16Si.C10H15B.C10H15N.C8H11N.C5H12.C4H12Si.C2H6O/c2*1-12-8-7-11-14(15(12)16(2)3)13-9-5-4-6-10-13;2*1-15(2,13-9-5-3-6-10-13)14-11-7-4-8-12-14;2*1-8-6-5-7-9(2)10(8)11(3)4;1-9(2)8-6-4-3-5-7-8;2*1-5(2,3)4;1-3-2/h2*4-11H,1-3H3;2*3-12H,1-2H3;2*5-7H,1-4H3;3-7H,1-2H3;2*1-4H3;1-2H3. The molecule has 11 aromatic rings. The number of anilines is 3. The largest absolute Gasteiger partial charge is 0.388 e. The van der Waals surface area contributed by atoms with Gasteiger partial charge < -0.3 is 19.4 Å². The first-order valence-corrected chi connectivity index (χ1v) is 44.9. The molecule has 106 heavy (non-hydrogen) atoms. The van der Waals surface area contributed by atoms with Crippen molar-refractivity contribution in [1.29, 1.82) is 0 Å². The summed E-state index contributed by atoms with van der Waals surface area (Å²) in [6, 6.07) is 100. The Morgan fingerprint density at radius 1 is 0.292 bits per heavy atom. The van der Waals surface area contributed by atoms with E-state index in [4.69, 9.17) is 0 Å². The van der Waals surface area contributed by atoms with E-state index in [0.717, 1.165) is 0 Å².